The highest BCUT2D eigenvalue weighted by atomic mass is 16.3. The molecule has 4 aromatic rings. The predicted molar refractivity (Wildman–Crippen MR) is 99.3 cm³/mol. The summed E-state index contributed by atoms with van der Waals surface area (Å²) in [5, 5.41) is 7.39. The van der Waals surface area contributed by atoms with Gasteiger partial charge < -0.3 is 4.42 Å². The minimum absolute atomic E-state index is 0.0294. The van der Waals surface area contributed by atoms with E-state index in [9.17, 15) is 4.79 Å². The van der Waals surface area contributed by atoms with Gasteiger partial charge in [-0.1, -0.05) is 0 Å². The Morgan fingerprint density at radius 2 is 2.26 bits per heavy atom. The minimum atomic E-state index is -0.0294. The first-order valence-corrected chi connectivity index (χ1v) is 8.96. The van der Waals surface area contributed by atoms with E-state index in [1.165, 1.54) is 4.52 Å². The van der Waals surface area contributed by atoms with Crippen molar-refractivity contribution in [1.29, 1.82) is 0 Å². The van der Waals surface area contributed by atoms with Crippen LogP contribution in [0.1, 0.15) is 22.6 Å². The van der Waals surface area contributed by atoms with Crippen LogP contribution in [0.15, 0.2) is 40.0 Å². The van der Waals surface area contributed by atoms with Crippen molar-refractivity contribution in [1.82, 2.24) is 29.3 Å². The third kappa shape index (κ3) is 2.69. The molecule has 8 nitrogen and oxygen atoms in total. The lowest BCUT2D eigenvalue weighted by molar-refractivity contribution is 0.241. The third-order valence-corrected chi connectivity index (χ3v) is 5.15. The standard InChI is InChI=1S/C19H20N6O2/c1-12-14(4-6-27-12)17-7-18-21-16-3-5-24(10-13-8-20-23(2)9-13)11-15(16)19(26)25(18)22-17/h4,6-9,22H,3,5,10-11H2,1-2H3. The van der Waals surface area contributed by atoms with E-state index in [2.05, 4.69) is 15.1 Å². The van der Waals surface area contributed by atoms with Gasteiger partial charge in [0.1, 0.15) is 5.76 Å². The monoisotopic (exact) mass is 364 g/mol. The largest absolute Gasteiger partial charge is 0.469 e. The van der Waals surface area contributed by atoms with Gasteiger partial charge in [0.15, 0.2) is 5.65 Å². The first kappa shape index (κ1) is 16.1. The molecular formula is C19H20N6O2. The summed E-state index contributed by atoms with van der Waals surface area (Å²) in [6.07, 6.45) is 6.29. The molecule has 0 spiro atoms. The van der Waals surface area contributed by atoms with E-state index in [-0.39, 0.29) is 5.56 Å². The lowest BCUT2D eigenvalue weighted by Gasteiger charge is -2.27. The zero-order valence-corrected chi connectivity index (χ0v) is 15.3. The highest BCUT2D eigenvalue weighted by Crippen LogP contribution is 2.24. The van der Waals surface area contributed by atoms with Crippen LogP contribution in [-0.2, 0) is 26.6 Å². The molecule has 0 aliphatic carbocycles. The van der Waals surface area contributed by atoms with E-state index in [1.54, 1.807) is 10.9 Å². The second kappa shape index (κ2) is 5.95. The summed E-state index contributed by atoms with van der Waals surface area (Å²) in [6.45, 7) is 4.15. The van der Waals surface area contributed by atoms with Crippen LogP contribution in [0.25, 0.3) is 16.9 Å². The summed E-state index contributed by atoms with van der Waals surface area (Å²) in [5.74, 6) is 0.807. The Hall–Kier alpha value is -3.13. The summed E-state index contributed by atoms with van der Waals surface area (Å²) in [6, 6.07) is 3.79. The average Bonchev–Trinajstić information content (AvgIpc) is 3.36. The molecular weight excluding hydrogens is 344 g/mol. The summed E-state index contributed by atoms with van der Waals surface area (Å²) in [4.78, 5) is 20.1. The molecule has 5 rings (SSSR count). The fraction of sp³-hybridized carbons (Fsp3) is 0.316. The molecule has 8 heteroatoms. The van der Waals surface area contributed by atoms with Crippen LogP contribution in [0.5, 0.6) is 0 Å². The first-order chi connectivity index (χ1) is 13.1. The van der Waals surface area contributed by atoms with Crippen molar-refractivity contribution in [3.05, 3.63) is 63.7 Å². The van der Waals surface area contributed by atoms with Crippen molar-refractivity contribution in [3.63, 3.8) is 0 Å². The van der Waals surface area contributed by atoms with Crippen molar-refractivity contribution >= 4 is 5.65 Å². The normalized spacial score (nSPS) is 14.7. The Kier molecular flexibility index (Phi) is 3.54. The highest BCUT2D eigenvalue weighted by Gasteiger charge is 2.23. The van der Waals surface area contributed by atoms with Gasteiger partial charge in [0.05, 0.1) is 29.4 Å². The number of fused-ring (bicyclic) bond motifs is 2. The zero-order chi connectivity index (χ0) is 18.5. The molecule has 4 aromatic heterocycles. The second-order valence-electron chi connectivity index (χ2n) is 7.08. The molecule has 0 saturated carbocycles. The maximum atomic E-state index is 13.1. The smallest absolute Gasteiger partial charge is 0.277 e. The molecule has 0 saturated heterocycles. The van der Waals surface area contributed by atoms with Crippen molar-refractivity contribution in [2.75, 3.05) is 6.54 Å². The number of furan rings is 1. The van der Waals surface area contributed by atoms with Gasteiger partial charge in [-0.25, -0.2) is 9.50 Å². The Balaban J connectivity index is 1.51. The number of nitrogens with one attached hydrogen (secondary N) is 1. The van der Waals surface area contributed by atoms with Crippen molar-refractivity contribution in [3.8, 4) is 11.3 Å². The number of H-pyrrole nitrogens is 1. The number of nitrogens with zero attached hydrogens (tertiary/aromatic N) is 5. The van der Waals surface area contributed by atoms with Gasteiger partial charge in [0.2, 0.25) is 0 Å². The van der Waals surface area contributed by atoms with E-state index in [4.69, 9.17) is 9.40 Å². The molecule has 0 aromatic carbocycles. The minimum Gasteiger partial charge on any atom is -0.469 e. The predicted octanol–water partition coefficient (Wildman–Crippen LogP) is 1.88. The van der Waals surface area contributed by atoms with Crippen LogP contribution < -0.4 is 5.56 Å². The molecule has 27 heavy (non-hydrogen) atoms. The van der Waals surface area contributed by atoms with Crippen molar-refractivity contribution in [2.24, 2.45) is 7.05 Å². The molecule has 0 fully saturated rings. The number of hydrogen-bond acceptors (Lipinski definition) is 5. The van der Waals surface area contributed by atoms with Crippen LogP contribution in [0.2, 0.25) is 0 Å². The van der Waals surface area contributed by atoms with E-state index in [0.29, 0.717) is 12.2 Å². The Morgan fingerprint density at radius 1 is 1.37 bits per heavy atom. The molecule has 0 amide bonds. The number of aryl methyl sites for hydroxylation is 2. The van der Waals surface area contributed by atoms with Crippen LogP contribution in [0.3, 0.4) is 0 Å². The van der Waals surface area contributed by atoms with Gasteiger partial charge in [-0.05, 0) is 13.0 Å². The van der Waals surface area contributed by atoms with Crippen molar-refractivity contribution in [2.45, 2.75) is 26.4 Å². The second-order valence-corrected chi connectivity index (χ2v) is 7.08. The Labute approximate surface area is 155 Å². The Bertz CT molecular complexity index is 1190. The molecule has 0 bridgehead atoms. The topological polar surface area (TPSA) is 84.4 Å². The average molecular weight is 364 g/mol. The summed E-state index contributed by atoms with van der Waals surface area (Å²) >= 11 is 0. The van der Waals surface area contributed by atoms with E-state index in [0.717, 1.165) is 53.3 Å². The van der Waals surface area contributed by atoms with E-state index >= 15 is 0 Å². The summed E-state index contributed by atoms with van der Waals surface area (Å²) < 4.78 is 8.71. The number of aromatic nitrogens is 5. The molecule has 0 atom stereocenters. The van der Waals surface area contributed by atoms with Gasteiger partial charge in [0.25, 0.3) is 5.56 Å². The van der Waals surface area contributed by atoms with E-state index < -0.39 is 0 Å². The zero-order valence-electron chi connectivity index (χ0n) is 15.3. The Morgan fingerprint density at radius 3 is 3.00 bits per heavy atom. The summed E-state index contributed by atoms with van der Waals surface area (Å²) in [7, 11) is 1.91. The molecule has 0 unspecified atom stereocenters. The maximum Gasteiger partial charge on any atom is 0.277 e. The van der Waals surface area contributed by atoms with Gasteiger partial charge in [-0.2, -0.15) is 5.10 Å². The molecule has 1 N–H and O–H groups in total. The first-order valence-electron chi connectivity index (χ1n) is 8.96. The van der Waals surface area contributed by atoms with Gasteiger partial charge in [-0.15, -0.1) is 0 Å². The van der Waals surface area contributed by atoms with Crippen LogP contribution >= 0.6 is 0 Å². The highest BCUT2D eigenvalue weighted by molar-refractivity contribution is 5.65. The quantitative estimate of drug-likeness (QED) is 0.600. The molecule has 138 valence electrons. The molecule has 5 heterocycles. The molecule has 1 aliphatic heterocycles. The van der Waals surface area contributed by atoms with E-state index in [1.807, 2.05) is 38.5 Å². The van der Waals surface area contributed by atoms with Crippen molar-refractivity contribution < 1.29 is 4.42 Å². The van der Waals surface area contributed by atoms with Crippen LogP contribution in [0, 0.1) is 6.92 Å². The van der Waals surface area contributed by atoms with Gasteiger partial charge >= 0.3 is 0 Å². The molecule has 0 radical (unpaired) electrons. The van der Waals surface area contributed by atoms with Crippen LogP contribution in [-0.4, -0.2) is 35.8 Å². The maximum absolute atomic E-state index is 13.1. The van der Waals surface area contributed by atoms with Gasteiger partial charge in [0, 0.05) is 56.5 Å². The molecule has 1 aliphatic rings. The lowest BCUT2D eigenvalue weighted by Crippen LogP contribution is -2.36. The fourth-order valence-corrected chi connectivity index (χ4v) is 3.79. The number of rotatable bonds is 3. The fourth-order valence-electron chi connectivity index (χ4n) is 3.79. The van der Waals surface area contributed by atoms with Gasteiger partial charge in [-0.3, -0.25) is 19.5 Å². The summed E-state index contributed by atoms with van der Waals surface area (Å²) in [5.41, 5.74) is 5.20. The SMILES string of the molecule is Cc1occc1-c1cc2nc3c(c(=O)n2[nH]1)CN(Cc1cnn(C)c1)CC3. The number of aromatic amines is 1. The lowest BCUT2D eigenvalue weighted by atomic mass is 10.1. The number of hydrogen-bond donors (Lipinski definition) is 1. The van der Waals surface area contributed by atoms with Crippen LogP contribution in [0.4, 0.5) is 0 Å². The third-order valence-electron chi connectivity index (χ3n) is 5.15.